The number of benzene rings is 2. The highest BCUT2D eigenvalue weighted by molar-refractivity contribution is 7.89. The molecule has 2 saturated heterocycles. The molecular formula is C29H38N4O8S. The predicted octanol–water partition coefficient (Wildman–Crippen LogP) is 2.39. The lowest BCUT2D eigenvalue weighted by atomic mass is 10.0. The zero-order valence-electron chi connectivity index (χ0n) is 23.7. The fourth-order valence-corrected chi connectivity index (χ4v) is 7.11. The Balaban J connectivity index is 1.36. The molecule has 2 aliphatic rings. The molecule has 0 spiro atoms. The van der Waals surface area contributed by atoms with E-state index in [0.717, 1.165) is 12.0 Å². The number of aliphatic hydroxyl groups excluding tert-OH is 1. The molecule has 5 atom stereocenters. The number of amides is 1. The summed E-state index contributed by atoms with van der Waals surface area (Å²) in [6.45, 7) is 4.55. The predicted molar refractivity (Wildman–Crippen MR) is 153 cm³/mol. The first-order valence-electron chi connectivity index (χ1n) is 14.2. The number of aromatic nitrogens is 1. The molecule has 1 amide bonds. The van der Waals surface area contributed by atoms with Crippen LogP contribution >= 0.6 is 0 Å². The summed E-state index contributed by atoms with van der Waals surface area (Å²) in [7, 11) is -4.06. The van der Waals surface area contributed by atoms with Crippen molar-refractivity contribution in [1.29, 1.82) is 0 Å². The number of hydrogen-bond donors (Lipinski definition) is 3. The van der Waals surface area contributed by atoms with Crippen LogP contribution in [0.15, 0.2) is 57.9 Å². The number of nitrogens with zero attached hydrogens (tertiary/aromatic N) is 2. The van der Waals surface area contributed by atoms with E-state index in [0.29, 0.717) is 23.3 Å². The molecule has 4 N–H and O–H groups in total. The van der Waals surface area contributed by atoms with Crippen LogP contribution in [0.25, 0.3) is 11.0 Å². The maximum absolute atomic E-state index is 13.9. The molecule has 12 nitrogen and oxygen atoms in total. The second-order valence-electron chi connectivity index (χ2n) is 11.2. The highest BCUT2D eigenvalue weighted by atomic mass is 32.2. The van der Waals surface area contributed by atoms with Gasteiger partial charge in [0.15, 0.2) is 11.9 Å². The molecule has 2 fully saturated rings. The second-order valence-corrected chi connectivity index (χ2v) is 13.1. The first-order valence-corrected chi connectivity index (χ1v) is 15.6. The molecule has 2 aliphatic heterocycles. The van der Waals surface area contributed by atoms with Crippen LogP contribution in [0.2, 0.25) is 0 Å². The van der Waals surface area contributed by atoms with E-state index < -0.39 is 34.4 Å². The minimum absolute atomic E-state index is 0.0299. The molecule has 42 heavy (non-hydrogen) atoms. The Hall–Kier alpha value is -3.07. The van der Waals surface area contributed by atoms with Crippen molar-refractivity contribution in [2.24, 2.45) is 17.6 Å². The van der Waals surface area contributed by atoms with Crippen molar-refractivity contribution in [3.8, 4) is 0 Å². The average molecular weight is 603 g/mol. The van der Waals surface area contributed by atoms with E-state index in [1.54, 1.807) is 6.07 Å². The summed E-state index contributed by atoms with van der Waals surface area (Å²) in [5.41, 5.74) is 7.49. The van der Waals surface area contributed by atoms with Crippen LogP contribution in [0.3, 0.4) is 0 Å². The average Bonchev–Trinajstić information content (AvgIpc) is 3.69. The van der Waals surface area contributed by atoms with Crippen LogP contribution in [-0.2, 0) is 37.2 Å². The molecule has 13 heteroatoms. The monoisotopic (exact) mass is 602 g/mol. The van der Waals surface area contributed by atoms with E-state index in [2.05, 4.69) is 10.5 Å². The molecule has 1 unspecified atom stereocenters. The van der Waals surface area contributed by atoms with Crippen LogP contribution in [0, 0.1) is 11.8 Å². The maximum atomic E-state index is 13.9. The number of nitrogens with two attached hydrogens (primary N) is 1. The summed E-state index contributed by atoms with van der Waals surface area (Å²) in [5, 5.41) is 18.7. The number of carbonyl (C=O) groups excluding carboxylic acids is 1. The third-order valence-electron chi connectivity index (χ3n) is 7.62. The Bertz CT molecular complexity index is 1460. The highest BCUT2D eigenvalue weighted by Crippen LogP contribution is 2.33. The van der Waals surface area contributed by atoms with Crippen molar-refractivity contribution in [2.45, 2.75) is 62.7 Å². The molecular weight excluding hydrogens is 564 g/mol. The Kier molecular flexibility index (Phi) is 9.45. The van der Waals surface area contributed by atoms with E-state index in [4.69, 9.17) is 24.5 Å². The van der Waals surface area contributed by atoms with Gasteiger partial charge in [0.05, 0.1) is 36.2 Å². The molecule has 3 heterocycles. The molecule has 0 bridgehead atoms. The van der Waals surface area contributed by atoms with Crippen LogP contribution in [0.1, 0.15) is 31.5 Å². The van der Waals surface area contributed by atoms with Crippen molar-refractivity contribution in [1.82, 2.24) is 14.8 Å². The SMILES string of the molecule is CC(C)CN(C[C@@H](O)[C@H](Cc1ccccc1)NC(=O)OC1CO[C@H]2OCC[C@@H]12)S(=O)(=O)c1ccc2onc(CN)c2c1. The van der Waals surface area contributed by atoms with Gasteiger partial charge in [-0.05, 0) is 42.5 Å². The molecule has 5 rings (SSSR count). The largest absolute Gasteiger partial charge is 0.443 e. The molecule has 2 aromatic carbocycles. The zero-order valence-corrected chi connectivity index (χ0v) is 24.5. The summed E-state index contributed by atoms with van der Waals surface area (Å²) in [5.74, 6) is -0.0807. The molecule has 0 saturated carbocycles. The Morgan fingerprint density at radius 2 is 1.98 bits per heavy atom. The lowest BCUT2D eigenvalue weighted by Gasteiger charge is -2.31. The second kappa shape index (κ2) is 13.1. The molecule has 228 valence electrons. The fourth-order valence-electron chi connectivity index (χ4n) is 5.46. The summed E-state index contributed by atoms with van der Waals surface area (Å²) >= 11 is 0. The summed E-state index contributed by atoms with van der Waals surface area (Å²) in [6, 6.07) is 13.0. The number of alkyl carbamates (subject to hydrolysis) is 1. The quantitative estimate of drug-likeness (QED) is 0.280. The fraction of sp³-hybridized carbons (Fsp3) is 0.517. The topological polar surface area (TPSA) is 166 Å². The highest BCUT2D eigenvalue weighted by Gasteiger charge is 2.44. The first-order chi connectivity index (χ1) is 20.2. The van der Waals surface area contributed by atoms with E-state index in [-0.39, 0.29) is 55.7 Å². The summed E-state index contributed by atoms with van der Waals surface area (Å²) in [6.07, 6.45) is -1.81. The van der Waals surface area contributed by atoms with Gasteiger partial charge in [-0.1, -0.05) is 49.3 Å². The van der Waals surface area contributed by atoms with Crippen LogP contribution in [0.4, 0.5) is 4.79 Å². The van der Waals surface area contributed by atoms with Crippen LogP contribution in [0.5, 0.6) is 0 Å². The van der Waals surface area contributed by atoms with E-state index >= 15 is 0 Å². The van der Waals surface area contributed by atoms with Gasteiger partial charge in [-0.3, -0.25) is 0 Å². The van der Waals surface area contributed by atoms with Crippen molar-refractivity contribution in [3.05, 3.63) is 59.8 Å². The van der Waals surface area contributed by atoms with Gasteiger partial charge in [0, 0.05) is 25.0 Å². The van der Waals surface area contributed by atoms with E-state index in [9.17, 15) is 18.3 Å². The molecule has 1 aromatic heterocycles. The van der Waals surface area contributed by atoms with Crippen molar-refractivity contribution in [3.63, 3.8) is 0 Å². The standard InChI is InChI=1S/C29H38N4O8S/c1-18(2)15-33(42(36,37)20-8-9-26-22(13-20)24(14-30)32-41-26)16-25(34)23(12-19-6-4-3-5-7-19)31-29(35)40-27-17-39-28-21(27)10-11-38-28/h3-9,13,18,21,23,25,27-28,34H,10-12,14-17,30H2,1-2H3,(H,31,35)/t21-,23-,25+,27?,28+/m0/s1. The zero-order chi connectivity index (χ0) is 29.9. The lowest BCUT2D eigenvalue weighted by molar-refractivity contribution is -0.0907. The number of hydrogen-bond acceptors (Lipinski definition) is 10. The third kappa shape index (κ3) is 6.77. The Labute approximate surface area is 245 Å². The van der Waals surface area contributed by atoms with Crippen molar-refractivity contribution in [2.75, 3.05) is 26.3 Å². The maximum Gasteiger partial charge on any atom is 0.407 e. The first kappa shape index (κ1) is 30.4. The van der Waals surface area contributed by atoms with Crippen molar-refractivity contribution < 1.29 is 37.1 Å². The van der Waals surface area contributed by atoms with Crippen LogP contribution < -0.4 is 11.1 Å². The minimum atomic E-state index is -4.06. The number of aliphatic hydroxyl groups is 1. The van der Waals surface area contributed by atoms with Crippen molar-refractivity contribution >= 4 is 27.1 Å². The van der Waals surface area contributed by atoms with Gasteiger partial charge in [-0.15, -0.1) is 0 Å². The van der Waals surface area contributed by atoms with Gasteiger partial charge < -0.3 is 34.9 Å². The molecule has 0 aliphatic carbocycles. The number of sulfonamides is 1. The molecule has 0 radical (unpaired) electrons. The Morgan fingerprint density at radius 3 is 2.71 bits per heavy atom. The van der Waals surface area contributed by atoms with Gasteiger partial charge in [0.2, 0.25) is 10.0 Å². The third-order valence-corrected chi connectivity index (χ3v) is 9.44. The van der Waals surface area contributed by atoms with Gasteiger partial charge in [0.25, 0.3) is 0 Å². The van der Waals surface area contributed by atoms with Crippen LogP contribution in [-0.4, -0.2) is 79.9 Å². The summed E-state index contributed by atoms with van der Waals surface area (Å²) < 4.78 is 51.1. The van der Waals surface area contributed by atoms with E-state index in [1.807, 2.05) is 44.2 Å². The molecule has 3 aromatic rings. The number of carbonyl (C=O) groups is 1. The van der Waals surface area contributed by atoms with Gasteiger partial charge in [-0.2, -0.15) is 4.31 Å². The van der Waals surface area contributed by atoms with E-state index in [1.165, 1.54) is 16.4 Å². The number of nitrogens with one attached hydrogen (secondary N) is 1. The van der Waals surface area contributed by atoms with Gasteiger partial charge in [0.1, 0.15) is 11.8 Å². The number of ether oxygens (including phenoxy) is 3. The minimum Gasteiger partial charge on any atom is -0.443 e. The smallest absolute Gasteiger partial charge is 0.407 e. The Morgan fingerprint density at radius 1 is 1.19 bits per heavy atom. The normalized spacial score (nSPS) is 22.0. The number of rotatable bonds is 12. The van der Waals surface area contributed by atoms with Gasteiger partial charge >= 0.3 is 6.09 Å². The van der Waals surface area contributed by atoms with Gasteiger partial charge in [-0.25, -0.2) is 13.2 Å². The lowest BCUT2D eigenvalue weighted by Crippen LogP contribution is -2.51. The number of fused-ring (bicyclic) bond motifs is 2. The summed E-state index contributed by atoms with van der Waals surface area (Å²) in [4.78, 5) is 13.1.